The van der Waals surface area contributed by atoms with Gasteiger partial charge in [-0.2, -0.15) is 0 Å². The quantitative estimate of drug-likeness (QED) is 0.546. The van der Waals surface area contributed by atoms with Crippen molar-refractivity contribution in [2.24, 2.45) is 14.1 Å². The molecule has 2 aromatic heterocycles. The zero-order valence-electron chi connectivity index (χ0n) is 14.5. The van der Waals surface area contributed by atoms with Crippen LogP contribution in [0.1, 0.15) is 0 Å². The molecule has 0 bridgehead atoms. The van der Waals surface area contributed by atoms with Crippen LogP contribution < -0.4 is 11.2 Å². The summed E-state index contributed by atoms with van der Waals surface area (Å²) >= 11 is 0. The minimum atomic E-state index is -1.01. The molecule has 0 spiro atoms. The van der Waals surface area contributed by atoms with E-state index in [4.69, 9.17) is 0 Å². The minimum absolute atomic E-state index is 0.0723. The predicted molar refractivity (Wildman–Crippen MR) is 96.9 cm³/mol. The van der Waals surface area contributed by atoms with Gasteiger partial charge in [-0.1, -0.05) is 30.3 Å². The summed E-state index contributed by atoms with van der Waals surface area (Å²) in [7, 11) is 2.96. The molecular weight excluding hydrogens is 354 g/mol. The third kappa shape index (κ3) is 2.49. The number of benzene rings is 2. The van der Waals surface area contributed by atoms with Gasteiger partial charge in [0.1, 0.15) is 5.69 Å². The number of rotatable bonds is 2. The fraction of sp³-hybridized carbons (Fsp3) is 0.105. The molecular formula is C19H14F2N4O2. The van der Waals surface area contributed by atoms with Crippen molar-refractivity contribution in [3.63, 3.8) is 0 Å². The predicted octanol–water partition coefficient (Wildman–Crippen LogP) is 2.37. The lowest BCUT2D eigenvalue weighted by Crippen LogP contribution is -2.39. The number of imidazole rings is 1. The van der Waals surface area contributed by atoms with E-state index < -0.39 is 28.6 Å². The van der Waals surface area contributed by atoms with Crippen LogP contribution in [0.4, 0.5) is 8.78 Å². The van der Waals surface area contributed by atoms with Crippen LogP contribution in [0, 0.1) is 11.6 Å². The number of nitrogens with zero attached hydrogens (tertiary/aromatic N) is 4. The molecule has 0 saturated carbocycles. The molecule has 0 N–H and O–H groups in total. The molecule has 27 heavy (non-hydrogen) atoms. The Kier molecular flexibility index (Phi) is 3.76. The number of aromatic nitrogens is 4. The molecule has 0 fully saturated rings. The second-order valence-electron chi connectivity index (χ2n) is 6.16. The lowest BCUT2D eigenvalue weighted by atomic mass is 10.0. The topological polar surface area (TPSA) is 61.8 Å². The second-order valence-corrected chi connectivity index (χ2v) is 6.16. The molecule has 0 radical (unpaired) electrons. The lowest BCUT2D eigenvalue weighted by molar-refractivity contribution is 0.560. The van der Waals surface area contributed by atoms with Gasteiger partial charge in [0.15, 0.2) is 22.8 Å². The van der Waals surface area contributed by atoms with E-state index in [-0.39, 0.29) is 11.2 Å². The summed E-state index contributed by atoms with van der Waals surface area (Å²) in [6.07, 6.45) is 1.36. The first-order chi connectivity index (χ1) is 12.9. The van der Waals surface area contributed by atoms with Crippen LogP contribution in [-0.2, 0) is 14.1 Å². The van der Waals surface area contributed by atoms with Crippen LogP contribution in [0.2, 0.25) is 0 Å². The van der Waals surface area contributed by atoms with E-state index in [0.29, 0.717) is 15.7 Å². The van der Waals surface area contributed by atoms with Crippen LogP contribution in [0.15, 0.2) is 58.4 Å². The average molecular weight is 368 g/mol. The van der Waals surface area contributed by atoms with Crippen LogP contribution in [0.3, 0.4) is 0 Å². The van der Waals surface area contributed by atoms with Gasteiger partial charge in [-0.15, -0.1) is 0 Å². The molecule has 0 aliphatic heterocycles. The van der Waals surface area contributed by atoms with Gasteiger partial charge >= 0.3 is 5.69 Å². The van der Waals surface area contributed by atoms with Crippen molar-refractivity contribution in [1.29, 1.82) is 0 Å². The van der Waals surface area contributed by atoms with Gasteiger partial charge in [0.05, 0.1) is 6.33 Å². The van der Waals surface area contributed by atoms with Crippen molar-refractivity contribution in [2.75, 3.05) is 0 Å². The second kappa shape index (κ2) is 6.01. The van der Waals surface area contributed by atoms with Gasteiger partial charge in [-0.05, 0) is 23.3 Å². The van der Waals surface area contributed by atoms with Crippen molar-refractivity contribution in [1.82, 2.24) is 18.7 Å². The first-order valence-corrected chi connectivity index (χ1v) is 8.08. The van der Waals surface area contributed by atoms with Gasteiger partial charge in [-0.3, -0.25) is 9.36 Å². The SMILES string of the molecule is Cn1cnc2c1c(=O)n(-c1c(F)cc(-c3ccccc3)cc1F)c(=O)n2C. The summed E-state index contributed by atoms with van der Waals surface area (Å²) in [6, 6.07) is 10.9. The molecule has 4 rings (SSSR count). The summed E-state index contributed by atoms with van der Waals surface area (Å²) in [6.45, 7) is 0. The van der Waals surface area contributed by atoms with Gasteiger partial charge in [-0.25, -0.2) is 23.1 Å². The summed E-state index contributed by atoms with van der Waals surface area (Å²) in [5.74, 6) is -2.01. The average Bonchev–Trinajstić information content (AvgIpc) is 3.04. The summed E-state index contributed by atoms with van der Waals surface area (Å²) < 4.78 is 32.7. The highest BCUT2D eigenvalue weighted by molar-refractivity contribution is 5.71. The van der Waals surface area contributed by atoms with Gasteiger partial charge < -0.3 is 4.57 Å². The van der Waals surface area contributed by atoms with Crippen molar-refractivity contribution in [3.05, 3.63) is 81.3 Å². The maximum atomic E-state index is 14.8. The van der Waals surface area contributed by atoms with Crippen molar-refractivity contribution in [3.8, 4) is 16.8 Å². The van der Waals surface area contributed by atoms with Crippen LogP contribution in [-0.4, -0.2) is 18.7 Å². The van der Waals surface area contributed by atoms with E-state index in [1.165, 1.54) is 17.9 Å². The molecule has 0 saturated heterocycles. The van der Waals surface area contributed by atoms with Gasteiger partial charge in [0.25, 0.3) is 5.56 Å². The van der Waals surface area contributed by atoms with Gasteiger partial charge in [0, 0.05) is 14.1 Å². The Labute approximate surface area is 151 Å². The summed E-state index contributed by atoms with van der Waals surface area (Å²) in [5, 5.41) is 0. The molecule has 2 heterocycles. The maximum absolute atomic E-state index is 14.8. The molecule has 136 valence electrons. The van der Waals surface area contributed by atoms with Gasteiger partial charge in [0.2, 0.25) is 0 Å². The molecule has 8 heteroatoms. The Balaban J connectivity index is 2.04. The number of hydrogen-bond donors (Lipinski definition) is 0. The highest BCUT2D eigenvalue weighted by Crippen LogP contribution is 2.25. The zero-order valence-corrected chi connectivity index (χ0v) is 14.5. The lowest BCUT2D eigenvalue weighted by Gasteiger charge is -2.12. The van der Waals surface area contributed by atoms with Crippen LogP contribution in [0.5, 0.6) is 0 Å². The number of hydrogen-bond acceptors (Lipinski definition) is 3. The maximum Gasteiger partial charge on any atom is 0.337 e. The molecule has 0 atom stereocenters. The molecule has 6 nitrogen and oxygen atoms in total. The van der Waals surface area contributed by atoms with E-state index in [9.17, 15) is 18.4 Å². The van der Waals surface area contributed by atoms with Crippen molar-refractivity contribution in [2.45, 2.75) is 0 Å². The van der Waals surface area contributed by atoms with E-state index in [1.807, 2.05) is 0 Å². The summed E-state index contributed by atoms with van der Waals surface area (Å²) in [5.41, 5.74) is -1.28. The molecule has 4 aromatic rings. The monoisotopic (exact) mass is 368 g/mol. The zero-order chi connectivity index (χ0) is 19.3. The molecule has 0 amide bonds. The van der Waals surface area contributed by atoms with E-state index in [1.54, 1.807) is 37.4 Å². The first kappa shape index (κ1) is 16.9. The Morgan fingerprint density at radius 3 is 2.19 bits per heavy atom. The Hall–Kier alpha value is -3.55. The van der Waals surface area contributed by atoms with Crippen LogP contribution >= 0.6 is 0 Å². The Morgan fingerprint density at radius 1 is 0.926 bits per heavy atom. The normalized spacial score (nSPS) is 11.3. The first-order valence-electron chi connectivity index (χ1n) is 8.08. The fourth-order valence-electron chi connectivity index (χ4n) is 3.12. The smallest absolute Gasteiger partial charge is 0.328 e. The van der Waals surface area contributed by atoms with E-state index in [0.717, 1.165) is 16.7 Å². The number of halogens is 2. The third-order valence-electron chi connectivity index (χ3n) is 4.47. The Morgan fingerprint density at radius 2 is 1.56 bits per heavy atom. The van der Waals surface area contributed by atoms with Crippen molar-refractivity contribution < 1.29 is 8.78 Å². The van der Waals surface area contributed by atoms with E-state index in [2.05, 4.69) is 4.98 Å². The molecule has 0 unspecified atom stereocenters. The number of aryl methyl sites for hydroxylation is 2. The van der Waals surface area contributed by atoms with E-state index >= 15 is 0 Å². The standard InChI is InChI=1S/C19H14F2N4O2/c1-23-10-22-17-16(23)18(26)25(19(27)24(17)2)15-13(20)8-12(9-14(15)21)11-6-4-3-5-7-11/h3-10H,1-2H3. The summed E-state index contributed by atoms with van der Waals surface area (Å²) in [4.78, 5) is 29.4. The number of fused-ring (bicyclic) bond motifs is 1. The minimum Gasteiger partial charge on any atom is -0.328 e. The molecule has 0 aliphatic rings. The van der Waals surface area contributed by atoms with Crippen molar-refractivity contribution >= 4 is 11.2 Å². The highest BCUT2D eigenvalue weighted by atomic mass is 19.1. The largest absolute Gasteiger partial charge is 0.337 e. The Bertz CT molecular complexity index is 1280. The molecule has 0 aliphatic carbocycles. The third-order valence-corrected chi connectivity index (χ3v) is 4.47. The highest BCUT2D eigenvalue weighted by Gasteiger charge is 2.22. The molecule has 2 aromatic carbocycles. The van der Waals surface area contributed by atoms with Crippen LogP contribution in [0.25, 0.3) is 28.0 Å². The fourth-order valence-corrected chi connectivity index (χ4v) is 3.12.